The number of aliphatic hydroxyl groups excluding tert-OH is 1. The Labute approximate surface area is 179 Å². The Bertz CT molecular complexity index is 725. The van der Waals surface area contributed by atoms with Crippen LogP contribution in [0.2, 0.25) is 0 Å². The number of carbonyl (C=O) groups excluding carboxylic acids is 3. The van der Waals surface area contributed by atoms with Crippen LogP contribution in [0.3, 0.4) is 0 Å². The molecule has 8 nitrogen and oxygen atoms in total. The van der Waals surface area contributed by atoms with Gasteiger partial charge in [-0.15, -0.1) is 0 Å². The molecule has 0 saturated heterocycles. The molecule has 0 fully saturated rings. The molecule has 1 aromatic rings. The van der Waals surface area contributed by atoms with E-state index in [0.717, 1.165) is 12.0 Å². The predicted molar refractivity (Wildman–Crippen MR) is 115 cm³/mol. The number of ether oxygens (including phenoxy) is 1. The van der Waals surface area contributed by atoms with E-state index in [1.54, 1.807) is 20.8 Å². The quantitative estimate of drug-likeness (QED) is 0.596. The van der Waals surface area contributed by atoms with Gasteiger partial charge in [-0.2, -0.15) is 0 Å². The Morgan fingerprint density at radius 3 is 2.10 bits per heavy atom. The molecular weight excluding hydrogens is 386 g/mol. The van der Waals surface area contributed by atoms with Crippen LogP contribution in [-0.2, 0) is 20.7 Å². The first-order valence-corrected chi connectivity index (χ1v) is 10.2. The van der Waals surface area contributed by atoms with E-state index in [-0.39, 0.29) is 11.9 Å². The van der Waals surface area contributed by atoms with E-state index < -0.39 is 36.3 Å². The monoisotopic (exact) mass is 421 g/mol. The van der Waals surface area contributed by atoms with Crippen molar-refractivity contribution < 1.29 is 24.2 Å². The molecule has 1 aromatic carbocycles. The fourth-order valence-corrected chi connectivity index (χ4v) is 2.86. The number of aliphatic hydroxyl groups is 1. The molecule has 30 heavy (non-hydrogen) atoms. The van der Waals surface area contributed by atoms with Gasteiger partial charge in [0.05, 0.1) is 6.61 Å². The van der Waals surface area contributed by atoms with Gasteiger partial charge >= 0.3 is 6.09 Å². The zero-order valence-corrected chi connectivity index (χ0v) is 19.0. The second-order valence-electron chi connectivity index (χ2n) is 8.49. The van der Waals surface area contributed by atoms with E-state index in [1.807, 2.05) is 45.0 Å². The first kappa shape index (κ1) is 25.4. The molecule has 1 rings (SSSR count). The number of likely N-dealkylation sites (N-methyl/N-ethyl adjacent to an activating group) is 1. The van der Waals surface area contributed by atoms with Crippen molar-refractivity contribution in [3.8, 4) is 0 Å². The third-order valence-corrected chi connectivity index (χ3v) is 4.29. The minimum Gasteiger partial charge on any atom is -0.444 e. The average molecular weight is 422 g/mol. The summed E-state index contributed by atoms with van der Waals surface area (Å²) < 4.78 is 5.16. The molecule has 3 amide bonds. The van der Waals surface area contributed by atoms with Crippen molar-refractivity contribution in [2.24, 2.45) is 0 Å². The van der Waals surface area contributed by atoms with Crippen molar-refractivity contribution in [3.63, 3.8) is 0 Å². The van der Waals surface area contributed by atoms with Gasteiger partial charge in [-0.3, -0.25) is 9.59 Å². The van der Waals surface area contributed by atoms with Gasteiger partial charge in [-0.05, 0) is 52.2 Å². The number of amides is 3. The van der Waals surface area contributed by atoms with Gasteiger partial charge in [-0.1, -0.05) is 31.2 Å². The number of nitrogens with zero attached hydrogens (tertiary/aromatic N) is 1. The highest BCUT2D eigenvalue weighted by molar-refractivity contribution is 5.92. The van der Waals surface area contributed by atoms with Gasteiger partial charge < -0.3 is 25.4 Å². The second kappa shape index (κ2) is 11.0. The van der Waals surface area contributed by atoms with Gasteiger partial charge in [0.25, 0.3) is 0 Å². The van der Waals surface area contributed by atoms with Crippen molar-refractivity contribution in [2.75, 3.05) is 13.7 Å². The first-order chi connectivity index (χ1) is 13.9. The zero-order valence-electron chi connectivity index (χ0n) is 19.0. The van der Waals surface area contributed by atoms with Crippen molar-refractivity contribution in [1.29, 1.82) is 0 Å². The van der Waals surface area contributed by atoms with E-state index in [2.05, 4.69) is 10.6 Å². The number of aryl methyl sites for hydroxylation is 1. The lowest BCUT2D eigenvalue weighted by Crippen LogP contribution is -2.53. The largest absolute Gasteiger partial charge is 0.444 e. The Morgan fingerprint density at radius 1 is 1.10 bits per heavy atom. The maximum absolute atomic E-state index is 13.0. The molecule has 2 atom stereocenters. The summed E-state index contributed by atoms with van der Waals surface area (Å²) in [5, 5.41) is 14.9. The van der Waals surface area contributed by atoms with Crippen molar-refractivity contribution in [3.05, 3.63) is 35.4 Å². The van der Waals surface area contributed by atoms with Gasteiger partial charge in [0, 0.05) is 13.1 Å². The Hall–Kier alpha value is -2.61. The van der Waals surface area contributed by atoms with E-state index in [1.165, 1.54) is 11.9 Å². The molecule has 0 aliphatic carbocycles. The summed E-state index contributed by atoms with van der Waals surface area (Å²) in [4.78, 5) is 39.2. The highest BCUT2D eigenvalue weighted by Crippen LogP contribution is 2.22. The fraction of sp³-hybridized carbons (Fsp3) is 0.591. The van der Waals surface area contributed by atoms with Crippen LogP contribution in [0.5, 0.6) is 0 Å². The number of benzene rings is 1. The van der Waals surface area contributed by atoms with Gasteiger partial charge in [0.15, 0.2) is 0 Å². The maximum Gasteiger partial charge on any atom is 0.408 e. The van der Waals surface area contributed by atoms with Crippen LogP contribution < -0.4 is 10.6 Å². The fourth-order valence-electron chi connectivity index (χ4n) is 2.86. The van der Waals surface area contributed by atoms with Crippen molar-refractivity contribution in [2.45, 2.75) is 71.7 Å². The number of nitrogens with one attached hydrogen (secondary N) is 2. The number of carbonyl (C=O) groups is 3. The van der Waals surface area contributed by atoms with Crippen LogP contribution >= 0.6 is 0 Å². The Morgan fingerprint density at radius 2 is 1.67 bits per heavy atom. The molecule has 0 bridgehead atoms. The summed E-state index contributed by atoms with van der Waals surface area (Å²) in [6.07, 6.45) is 0.0309. The minimum absolute atomic E-state index is 0.119. The number of hydrogen-bond donors (Lipinski definition) is 3. The van der Waals surface area contributed by atoms with Crippen molar-refractivity contribution >= 4 is 17.9 Å². The van der Waals surface area contributed by atoms with Crippen LogP contribution in [0, 0.1) is 0 Å². The molecule has 0 aliphatic heterocycles. The molecule has 0 saturated carbocycles. The third-order valence-electron chi connectivity index (χ3n) is 4.29. The lowest BCUT2D eigenvalue weighted by molar-refractivity contribution is -0.141. The molecule has 0 spiro atoms. The van der Waals surface area contributed by atoms with Crippen LogP contribution in [-0.4, -0.2) is 59.3 Å². The van der Waals surface area contributed by atoms with Crippen molar-refractivity contribution in [1.82, 2.24) is 15.5 Å². The van der Waals surface area contributed by atoms with Crippen LogP contribution in [0.25, 0.3) is 0 Å². The lowest BCUT2D eigenvalue weighted by Gasteiger charge is -2.31. The molecule has 3 N–H and O–H groups in total. The summed E-state index contributed by atoms with van der Waals surface area (Å²) in [7, 11) is 1.47. The highest BCUT2D eigenvalue weighted by atomic mass is 16.6. The standard InChI is InChI=1S/C22H35N3O5/c1-8-15-9-11-16(12-10-15)18(19(27)23-14(2)3)25(7)20(28)17(13-26)24-21(29)30-22(4,5)6/h9-12,14,17-18,26H,8,13H2,1-7H3,(H,23,27)(H,24,29). The van der Waals surface area contributed by atoms with Gasteiger partial charge in [0.1, 0.15) is 17.7 Å². The van der Waals surface area contributed by atoms with E-state index in [0.29, 0.717) is 5.56 Å². The molecule has 168 valence electrons. The van der Waals surface area contributed by atoms with Gasteiger partial charge in [-0.25, -0.2) is 4.79 Å². The lowest BCUT2D eigenvalue weighted by atomic mass is 10.0. The van der Waals surface area contributed by atoms with Crippen LogP contribution in [0.15, 0.2) is 24.3 Å². The molecular formula is C22H35N3O5. The number of alkyl carbamates (subject to hydrolysis) is 1. The molecule has 0 heterocycles. The smallest absolute Gasteiger partial charge is 0.408 e. The average Bonchev–Trinajstić information content (AvgIpc) is 2.64. The molecule has 2 unspecified atom stereocenters. The molecule has 0 aliphatic rings. The highest BCUT2D eigenvalue weighted by Gasteiger charge is 2.34. The van der Waals surface area contributed by atoms with Crippen LogP contribution in [0.1, 0.15) is 58.7 Å². The Kier molecular flexibility index (Phi) is 9.29. The summed E-state index contributed by atoms with van der Waals surface area (Å²) in [5.41, 5.74) is 0.991. The molecule has 0 aromatic heterocycles. The topological polar surface area (TPSA) is 108 Å². The molecule has 8 heteroatoms. The number of rotatable bonds is 8. The minimum atomic E-state index is -1.24. The summed E-state index contributed by atoms with van der Waals surface area (Å²) in [6.45, 7) is 10.1. The number of hydrogen-bond acceptors (Lipinski definition) is 5. The zero-order chi connectivity index (χ0) is 23.1. The first-order valence-electron chi connectivity index (χ1n) is 10.2. The second-order valence-corrected chi connectivity index (χ2v) is 8.49. The SMILES string of the molecule is CCc1ccc(C(C(=O)NC(C)C)N(C)C(=O)C(CO)NC(=O)OC(C)(C)C)cc1. The van der Waals surface area contributed by atoms with Gasteiger partial charge in [0.2, 0.25) is 11.8 Å². The molecule has 0 radical (unpaired) electrons. The van der Waals surface area contributed by atoms with E-state index in [9.17, 15) is 19.5 Å². The Balaban J connectivity index is 3.13. The third kappa shape index (κ3) is 7.67. The van der Waals surface area contributed by atoms with E-state index in [4.69, 9.17) is 4.74 Å². The normalized spacial score (nSPS) is 13.4. The summed E-state index contributed by atoms with van der Waals surface area (Å²) in [5.74, 6) is -0.953. The van der Waals surface area contributed by atoms with Crippen LogP contribution in [0.4, 0.5) is 4.79 Å². The summed E-state index contributed by atoms with van der Waals surface area (Å²) in [6, 6.07) is 5.16. The maximum atomic E-state index is 13.0. The summed E-state index contributed by atoms with van der Waals surface area (Å²) >= 11 is 0. The van der Waals surface area contributed by atoms with E-state index >= 15 is 0 Å². The predicted octanol–water partition coefficient (Wildman–Crippen LogP) is 2.16.